The van der Waals surface area contributed by atoms with Crippen LogP contribution in [0.15, 0.2) is 48.7 Å². The van der Waals surface area contributed by atoms with E-state index >= 15 is 8.78 Å². The van der Waals surface area contributed by atoms with E-state index in [2.05, 4.69) is 30.9 Å². The van der Waals surface area contributed by atoms with Crippen LogP contribution in [-0.4, -0.2) is 43.8 Å². The van der Waals surface area contributed by atoms with E-state index in [0.717, 1.165) is 18.2 Å². The third-order valence-corrected chi connectivity index (χ3v) is 8.69. The van der Waals surface area contributed by atoms with Crippen molar-refractivity contribution in [3.8, 4) is 11.1 Å². The summed E-state index contributed by atoms with van der Waals surface area (Å²) in [5.41, 5.74) is -0.675. The van der Waals surface area contributed by atoms with Crippen LogP contribution in [0.4, 0.5) is 30.7 Å². The molecule has 2 aromatic carbocycles. The van der Waals surface area contributed by atoms with Gasteiger partial charge in [0, 0.05) is 30.2 Å². The van der Waals surface area contributed by atoms with Gasteiger partial charge in [-0.1, -0.05) is 6.07 Å². The molecule has 0 aliphatic heterocycles. The lowest BCUT2D eigenvalue weighted by molar-refractivity contribution is -0.123. The molecule has 3 aromatic heterocycles. The maximum atomic E-state index is 15.2. The van der Waals surface area contributed by atoms with Crippen LogP contribution >= 0.6 is 0 Å². The standard InChI is InChI=1S/C32H24F7N7O2/c1-40-31(48)19-7-14(2-3-21(19)35)17-10-22-24(11-41-44-22)43-27(17)23(6-13-4-15(33)8-16(34)5-13)42-25(47)12-46-29-26(28(45-46)30(36)37)18-9-20(18)32(29,38)39/h2-5,7-8,10-11,18,20,23,30H,6,9,12H2,1H3,(H,40,48)(H,41,44)(H,42,47)/t18-,20+,23-/m0/s1. The summed E-state index contributed by atoms with van der Waals surface area (Å²) in [4.78, 5) is 30.6. The molecule has 48 heavy (non-hydrogen) atoms. The summed E-state index contributed by atoms with van der Waals surface area (Å²) < 4.78 is 102. The van der Waals surface area contributed by atoms with Crippen molar-refractivity contribution in [2.75, 3.05) is 7.05 Å². The zero-order valence-electron chi connectivity index (χ0n) is 24.8. The van der Waals surface area contributed by atoms with E-state index in [1.807, 2.05) is 0 Å². The first-order valence-corrected chi connectivity index (χ1v) is 14.7. The summed E-state index contributed by atoms with van der Waals surface area (Å²) in [7, 11) is 1.32. The molecule has 0 bridgehead atoms. The summed E-state index contributed by atoms with van der Waals surface area (Å²) in [5, 5.41) is 15.4. The van der Waals surface area contributed by atoms with Crippen molar-refractivity contribution in [1.82, 2.24) is 35.6 Å². The fourth-order valence-electron chi connectivity index (χ4n) is 6.53. The zero-order valence-corrected chi connectivity index (χ0v) is 24.8. The van der Waals surface area contributed by atoms with Crippen molar-refractivity contribution in [2.45, 2.75) is 43.7 Å². The monoisotopic (exact) mass is 671 g/mol. The van der Waals surface area contributed by atoms with E-state index in [4.69, 9.17) is 0 Å². The van der Waals surface area contributed by atoms with Gasteiger partial charge in [0.25, 0.3) is 18.3 Å². The second kappa shape index (κ2) is 11.5. The Kier molecular flexibility index (Phi) is 7.47. The molecule has 248 valence electrons. The van der Waals surface area contributed by atoms with Gasteiger partial charge in [-0.15, -0.1) is 0 Å². The van der Waals surface area contributed by atoms with Gasteiger partial charge in [-0.3, -0.25) is 19.4 Å². The highest BCUT2D eigenvalue weighted by atomic mass is 19.3. The number of carbonyl (C=O) groups is 2. The number of rotatable bonds is 9. The molecular formula is C32H24F7N7O2. The Labute approximate surface area is 266 Å². The molecule has 2 amide bonds. The number of pyridine rings is 1. The van der Waals surface area contributed by atoms with Crippen LogP contribution in [0.5, 0.6) is 0 Å². The number of halogens is 7. The number of carbonyl (C=O) groups excluding carboxylic acids is 2. The van der Waals surface area contributed by atoms with Gasteiger partial charge in [0.05, 0.1) is 29.0 Å². The van der Waals surface area contributed by atoms with Gasteiger partial charge in [-0.05, 0) is 60.2 Å². The maximum absolute atomic E-state index is 15.2. The molecule has 9 nitrogen and oxygen atoms in total. The number of aromatic nitrogens is 5. The van der Waals surface area contributed by atoms with Crippen LogP contribution in [0, 0.1) is 23.4 Å². The predicted molar refractivity (Wildman–Crippen MR) is 156 cm³/mol. The first-order chi connectivity index (χ1) is 22.8. The van der Waals surface area contributed by atoms with E-state index in [0.29, 0.717) is 21.8 Å². The molecule has 0 spiro atoms. The molecule has 3 N–H and O–H groups in total. The number of hydrogen-bond acceptors (Lipinski definition) is 5. The van der Waals surface area contributed by atoms with E-state index in [1.165, 1.54) is 25.4 Å². The minimum atomic E-state index is -3.47. The fraction of sp³-hybridized carbons (Fsp3) is 0.281. The first-order valence-electron chi connectivity index (χ1n) is 14.7. The highest BCUT2D eigenvalue weighted by molar-refractivity contribution is 5.96. The molecule has 3 heterocycles. The number of alkyl halides is 4. The molecule has 0 unspecified atom stereocenters. The van der Waals surface area contributed by atoms with Crippen LogP contribution < -0.4 is 10.6 Å². The average Bonchev–Trinajstić information content (AvgIpc) is 3.44. The molecule has 5 aromatic rings. The molecule has 2 aliphatic carbocycles. The summed E-state index contributed by atoms with van der Waals surface area (Å²) in [6, 6.07) is 6.72. The van der Waals surface area contributed by atoms with E-state index < -0.39 is 77.4 Å². The van der Waals surface area contributed by atoms with Gasteiger partial charge in [-0.2, -0.15) is 19.0 Å². The maximum Gasteiger partial charge on any atom is 0.293 e. The smallest absolute Gasteiger partial charge is 0.293 e. The fourth-order valence-corrected chi connectivity index (χ4v) is 6.53. The molecule has 3 atom stereocenters. The number of hydrogen-bond donors (Lipinski definition) is 3. The molecule has 1 fully saturated rings. The number of nitrogens with zero attached hydrogens (tertiary/aromatic N) is 4. The second-order valence-electron chi connectivity index (χ2n) is 11.8. The lowest BCUT2D eigenvalue weighted by atomic mass is 9.94. The van der Waals surface area contributed by atoms with Gasteiger partial charge in [0.15, 0.2) is 0 Å². The number of benzene rings is 2. The zero-order chi connectivity index (χ0) is 34.1. The molecule has 7 rings (SSSR count). The quantitative estimate of drug-likeness (QED) is 0.170. The lowest BCUT2D eigenvalue weighted by Gasteiger charge is -2.23. The molecule has 0 radical (unpaired) electrons. The van der Waals surface area contributed by atoms with Crippen molar-refractivity contribution < 1.29 is 40.3 Å². The van der Waals surface area contributed by atoms with Gasteiger partial charge in [0.1, 0.15) is 40.9 Å². The summed E-state index contributed by atoms with van der Waals surface area (Å²) in [6.45, 7) is -0.876. The Morgan fingerprint density at radius 1 is 1.06 bits per heavy atom. The van der Waals surface area contributed by atoms with Gasteiger partial charge in [0.2, 0.25) is 5.91 Å². The normalized spacial score (nSPS) is 18.1. The Bertz CT molecular complexity index is 2090. The van der Waals surface area contributed by atoms with Gasteiger partial charge < -0.3 is 10.6 Å². The van der Waals surface area contributed by atoms with Crippen molar-refractivity contribution >= 4 is 22.8 Å². The van der Waals surface area contributed by atoms with E-state index in [1.54, 1.807) is 6.07 Å². The van der Waals surface area contributed by atoms with Crippen LogP contribution in [0.3, 0.4) is 0 Å². The van der Waals surface area contributed by atoms with Crippen molar-refractivity contribution in [2.24, 2.45) is 5.92 Å². The highest BCUT2D eigenvalue weighted by Crippen LogP contribution is 2.68. The Morgan fingerprint density at radius 2 is 1.81 bits per heavy atom. The van der Waals surface area contributed by atoms with E-state index in [-0.39, 0.29) is 46.4 Å². The van der Waals surface area contributed by atoms with E-state index in [9.17, 15) is 31.5 Å². The van der Waals surface area contributed by atoms with Crippen LogP contribution in [0.2, 0.25) is 0 Å². The minimum Gasteiger partial charge on any atom is -0.355 e. The number of aromatic amines is 1. The third kappa shape index (κ3) is 5.34. The van der Waals surface area contributed by atoms with Gasteiger partial charge in [-0.25, -0.2) is 26.9 Å². The van der Waals surface area contributed by atoms with Crippen molar-refractivity contribution in [1.29, 1.82) is 0 Å². The Morgan fingerprint density at radius 3 is 2.52 bits per heavy atom. The molecule has 1 saturated carbocycles. The predicted octanol–water partition coefficient (Wildman–Crippen LogP) is 5.85. The number of H-pyrrole nitrogens is 1. The SMILES string of the molecule is CNC(=O)c1cc(-c2cc3[nH]ncc3nc2[C@H](Cc2cc(F)cc(F)c2)NC(=O)Cn2nc(C(F)F)c3c2C(F)(F)[C@@H]2C[C@H]32)ccc1F. The molecule has 2 aliphatic rings. The molecule has 0 saturated heterocycles. The minimum absolute atomic E-state index is 0.0415. The van der Waals surface area contributed by atoms with Crippen LogP contribution in [0.1, 0.15) is 63.4 Å². The summed E-state index contributed by atoms with van der Waals surface area (Å²) in [6.07, 6.45) is -2.01. The lowest BCUT2D eigenvalue weighted by Crippen LogP contribution is -2.35. The Hall–Kier alpha value is -5.28. The van der Waals surface area contributed by atoms with Crippen molar-refractivity contribution in [3.05, 3.63) is 99.9 Å². The number of amides is 2. The highest BCUT2D eigenvalue weighted by Gasteiger charge is 2.67. The topological polar surface area (TPSA) is 118 Å². The second-order valence-corrected chi connectivity index (χ2v) is 11.8. The van der Waals surface area contributed by atoms with Crippen LogP contribution in [0.25, 0.3) is 22.2 Å². The number of fused-ring (bicyclic) bond motifs is 4. The average molecular weight is 672 g/mol. The Balaban J connectivity index is 1.32. The number of nitrogens with one attached hydrogen (secondary N) is 3. The summed E-state index contributed by atoms with van der Waals surface area (Å²) in [5.74, 6) is -9.68. The molecular weight excluding hydrogens is 647 g/mol. The van der Waals surface area contributed by atoms with Gasteiger partial charge >= 0.3 is 0 Å². The van der Waals surface area contributed by atoms with Crippen LogP contribution in [-0.2, 0) is 23.7 Å². The first kappa shape index (κ1) is 31.3. The summed E-state index contributed by atoms with van der Waals surface area (Å²) >= 11 is 0. The molecule has 16 heteroatoms. The van der Waals surface area contributed by atoms with Crippen molar-refractivity contribution in [3.63, 3.8) is 0 Å². The largest absolute Gasteiger partial charge is 0.355 e. The third-order valence-electron chi connectivity index (χ3n) is 8.69.